The quantitative estimate of drug-likeness (QED) is 0.815. The minimum atomic E-state index is -3.77. The van der Waals surface area contributed by atoms with Gasteiger partial charge < -0.3 is 5.73 Å². The molecule has 0 unspecified atom stereocenters. The van der Waals surface area contributed by atoms with E-state index in [9.17, 15) is 8.42 Å². The molecule has 0 aliphatic rings. The van der Waals surface area contributed by atoms with Gasteiger partial charge in [0.05, 0.1) is 5.69 Å². The van der Waals surface area contributed by atoms with Gasteiger partial charge >= 0.3 is 0 Å². The summed E-state index contributed by atoms with van der Waals surface area (Å²) in [4.78, 5) is 3.78. The van der Waals surface area contributed by atoms with Gasteiger partial charge in [-0.25, -0.2) is 17.8 Å². The third kappa shape index (κ3) is 2.46. The molecule has 7 nitrogen and oxygen atoms in total. The molecule has 0 aliphatic heterocycles. The summed E-state index contributed by atoms with van der Waals surface area (Å²) < 4.78 is 28.5. The van der Waals surface area contributed by atoms with E-state index in [2.05, 4.69) is 30.7 Å². The second kappa shape index (κ2) is 4.58. The fraction of sp³-hybridized carbons (Fsp3) is 0.111. The molecule has 0 saturated heterocycles. The first kappa shape index (κ1) is 12.8. The van der Waals surface area contributed by atoms with Gasteiger partial charge in [-0.15, -0.1) is 0 Å². The molecule has 2 aromatic rings. The summed E-state index contributed by atoms with van der Waals surface area (Å²) in [7, 11) is -2.19. The van der Waals surface area contributed by atoms with E-state index in [1.54, 1.807) is 13.1 Å². The first-order valence-electron chi connectivity index (χ1n) is 4.82. The molecule has 3 N–H and O–H groups in total. The Balaban J connectivity index is 2.40. The Morgan fingerprint density at radius 2 is 2.17 bits per heavy atom. The van der Waals surface area contributed by atoms with E-state index in [0.29, 0.717) is 4.47 Å². The molecule has 0 aliphatic carbocycles. The van der Waals surface area contributed by atoms with Crippen LogP contribution in [0.1, 0.15) is 0 Å². The van der Waals surface area contributed by atoms with E-state index in [4.69, 9.17) is 5.73 Å². The third-order valence-electron chi connectivity index (χ3n) is 2.20. The smallest absolute Gasteiger partial charge is 0.266 e. The summed E-state index contributed by atoms with van der Waals surface area (Å²) in [6.07, 6.45) is 1.25. The average Bonchev–Trinajstić information content (AvgIpc) is 2.63. The second-order valence-electron chi connectivity index (χ2n) is 3.49. The Morgan fingerprint density at radius 1 is 1.44 bits per heavy atom. The van der Waals surface area contributed by atoms with Crippen molar-refractivity contribution in [1.29, 1.82) is 0 Å². The highest BCUT2D eigenvalue weighted by Gasteiger charge is 2.19. The van der Waals surface area contributed by atoms with Gasteiger partial charge in [0.25, 0.3) is 10.0 Å². The summed E-state index contributed by atoms with van der Waals surface area (Å²) in [6, 6.07) is 4.53. The summed E-state index contributed by atoms with van der Waals surface area (Å²) in [5.41, 5.74) is 5.83. The number of hydrogen-bond donors (Lipinski definition) is 2. The lowest BCUT2D eigenvalue weighted by molar-refractivity contribution is 0.600. The first-order chi connectivity index (χ1) is 8.40. The Kier molecular flexibility index (Phi) is 3.26. The lowest BCUT2D eigenvalue weighted by Gasteiger charge is -2.09. The van der Waals surface area contributed by atoms with Crippen LogP contribution in [0.15, 0.2) is 33.9 Å². The van der Waals surface area contributed by atoms with Crippen molar-refractivity contribution in [2.45, 2.75) is 4.90 Å². The maximum Gasteiger partial charge on any atom is 0.266 e. The topological polar surface area (TPSA) is 103 Å². The zero-order chi connectivity index (χ0) is 13.3. The number of aryl methyl sites for hydroxylation is 1. The van der Waals surface area contributed by atoms with E-state index in [-0.39, 0.29) is 16.5 Å². The van der Waals surface area contributed by atoms with E-state index < -0.39 is 10.0 Å². The Morgan fingerprint density at radius 3 is 2.72 bits per heavy atom. The molecule has 0 amide bonds. The van der Waals surface area contributed by atoms with Crippen LogP contribution in [0.2, 0.25) is 0 Å². The van der Waals surface area contributed by atoms with Crippen LogP contribution in [0.5, 0.6) is 0 Å². The summed E-state index contributed by atoms with van der Waals surface area (Å²) in [5, 5.41) is 3.77. The van der Waals surface area contributed by atoms with Crippen molar-refractivity contribution in [1.82, 2.24) is 14.8 Å². The molecule has 0 atom stereocenters. The van der Waals surface area contributed by atoms with Crippen molar-refractivity contribution in [3.8, 4) is 0 Å². The van der Waals surface area contributed by atoms with Crippen molar-refractivity contribution in [2.75, 3.05) is 10.5 Å². The van der Waals surface area contributed by atoms with Gasteiger partial charge in [-0.1, -0.05) is 15.9 Å². The van der Waals surface area contributed by atoms with Crippen LogP contribution in [0.25, 0.3) is 0 Å². The van der Waals surface area contributed by atoms with E-state index in [1.165, 1.54) is 23.1 Å². The number of rotatable bonds is 3. The van der Waals surface area contributed by atoms with E-state index in [0.717, 1.165) is 0 Å². The molecule has 9 heteroatoms. The highest BCUT2D eigenvalue weighted by Crippen LogP contribution is 2.24. The van der Waals surface area contributed by atoms with Crippen LogP contribution in [0, 0.1) is 0 Å². The summed E-state index contributed by atoms with van der Waals surface area (Å²) >= 11 is 3.21. The number of halogens is 1. The fourth-order valence-corrected chi connectivity index (χ4v) is 2.86. The molecule has 0 spiro atoms. The minimum Gasteiger partial charge on any atom is -0.398 e. The number of nitrogens with one attached hydrogen (secondary N) is 1. The Bertz CT molecular complexity index is 682. The molecule has 0 saturated carbocycles. The zero-order valence-corrected chi connectivity index (χ0v) is 11.7. The minimum absolute atomic E-state index is 0.00583. The van der Waals surface area contributed by atoms with Crippen LogP contribution in [0.3, 0.4) is 0 Å². The SMILES string of the molecule is Cn1ncnc1NS(=O)(=O)c1ccc(Br)cc1N. The van der Waals surface area contributed by atoms with Crippen molar-refractivity contribution in [2.24, 2.45) is 7.05 Å². The Labute approximate surface area is 112 Å². The van der Waals surface area contributed by atoms with Gasteiger partial charge in [0.1, 0.15) is 11.2 Å². The van der Waals surface area contributed by atoms with Crippen LogP contribution >= 0.6 is 15.9 Å². The number of anilines is 2. The van der Waals surface area contributed by atoms with Gasteiger partial charge in [-0.3, -0.25) is 0 Å². The van der Waals surface area contributed by atoms with Gasteiger partial charge in [0, 0.05) is 11.5 Å². The second-order valence-corrected chi connectivity index (χ2v) is 6.06. The number of nitrogen functional groups attached to an aromatic ring is 1. The monoisotopic (exact) mass is 331 g/mol. The van der Waals surface area contributed by atoms with Gasteiger partial charge in [-0.05, 0) is 18.2 Å². The van der Waals surface area contributed by atoms with E-state index >= 15 is 0 Å². The molecule has 0 radical (unpaired) electrons. The highest BCUT2D eigenvalue weighted by atomic mass is 79.9. The molecule has 1 aromatic heterocycles. The molecule has 1 heterocycles. The van der Waals surface area contributed by atoms with Crippen molar-refractivity contribution in [3.63, 3.8) is 0 Å². The first-order valence-corrected chi connectivity index (χ1v) is 7.09. The number of aromatic nitrogens is 3. The maximum atomic E-state index is 12.1. The van der Waals surface area contributed by atoms with Gasteiger partial charge in [0.2, 0.25) is 5.95 Å². The van der Waals surface area contributed by atoms with Crippen molar-refractivity contribution in [3.05, 3.63) is 29.0 Å². The Hall–Kier alpha value is -1.61. The molecular formula is C9H10BrN5O2S. The molecule has 2 rings (SSSR count). The number of hydrogen-bond acceptors (Lipinski definition) is 5. The predicted octanol–water partition coefficient (Wildman–Crippen LogP) is 0.961. The number of nitrogens with zero attached hydrogens (tertiary/aromatic N) is 3. The lowest BCUT2D eigenvalue weighted by Crippen LogP contribution is -2.17. The van der Waals surface area contributed by atoms with Crippen molar-refractivity contribution >= 4 is 37.6 Å². The average molecular weight is 332 g/mol. The molecule has 18 heavy (non-hydrogen) atoms. The van der Waals surface area contributed by atoms with Crippen LogP contribution in [-0.4, -0.2) is 23.2 Å². The number of sulfonamides is 1. The molecule has 96 valence electrons. The molecule has 1 aromatic carbocycles. The van der Waals surface area contributed by atoms with Gasteiger partial charge in [-0.2, -0.15) is 10.1 Å². The van der Waals surface area contributed by atoms with Gasteiger partial charge in [0.15, 0.2) is 0 Å². The fourth-order valence-electron chi connectivity index (χ4n) is 1.33. The molecule has 0 fully saturated rings. The molecular weight excluding hydrogens is 322 g/mol. The van der Waals surface area contributed by atoms with E-state index in [1.807, 2.05) is 0 Å². The third-order valence-corrected chi connectivity index (χ3v) is 4.09. The standard InChI is InChI=1S/C9H10BrN5O2S/c1-15-9(12-5-13-15)14-18(16,17)8-3-2-6(10)4-7(8)11/h2-5H,11H2,1H3,(H,12,13,14). The number of benzene rings is 1. The largest absolute Gasteiger partial charge is 0.398 e. The van der Waals surface area contributed by atoms with Crippen molar-refractivity contribution < 1.29 is 8.42 Å². The molecule has 0 bridgehead atoms. The number of nitrogens with two attached hydrogens (primary N) is 1. The zero-order valence-electron chi connectivity index (χ0n) is 9.33. The summed E-state index contributed by atoms with van der Waals surface area (Å²) in [6.45, 7) is 0. The van der Waals surface area contributed by atoms with Crippen LogP contribution in [-0.2, 0) is 17.1 Å². The maximum absolute atomic E-state index is 12.1. The lowest BCUT2D eigenvalue weighted by atomic mass is 10.3. The van der Waals surface area contributed by atoms with Crippen LogP contribution < -0.4 is 10.5 Å². The summed E-state index contributed by atoms with van der Waals surface area (Å²) in [5.74, 6) is 0.123. The normalized spacial score (nSPS) is 11.4. The highest BCUT2D eigenvalue weighted by molar-refractivity contribution is 9.10. The van der Waals surface area contributed by atoms with Crippen LogP contribution in [0.4, 0.5) is 11.6 Å². The predicted molar refractivity (Wildman–Crippen MR) is 70.4 cm³/mol.